The standard InChI is InChI=1S/C33H41N5O5S/c1-6-25-19-38(44(40,41)30-13-20(3)17-34-33(30)43-25)18-24-15-23(14-22-9-8-10-27(22)24)28(16-31(39)42-7-2)26-11-12-29-32(21(26)4)35-36-37(29)5/h11-15,17,25,28,40-41H,6-10,16,18-19H2,1-5H3/t25-,28?/m1/s1. The number of benzene rings is 2. The second-order valence-electron chi connectivity index (χ2n) is 11.9. The number of esters is 1. The van der Waals surface area contributed by atoms with E-state index in [0.717, 1.165) is 58.1 Å². The maximum absolute atomic E-state index is 13.0. The summed E-state index contributed by atoms with van der Waals surface area (Å²) < 4.78 is 38.6. The van der Waals surface area contributed by atoms with Crippen LogP contribution in [0.5, 0.6) is 5.88 Å². The molecule has 0 spiro atoms. The van der Waals surface area contributed by atoms with E-state index in [0.29, 0.717) is 31.0 Å². The van der Waals surface area contributed by atoms with E-state index in [2.05, 4.69) is 33.5 Å². The zero-order valence-electron chi connectivity index (χ0n) is 26.0. The Bertz CT molecular complexity index is 1720. The number of carbonyl (C=O) groups is 1. The zero-order chi connectivity index (χ0) is 31.2. The van der Waals surface area contributed by atoms with Crippen LogP contribution in [0.15, 0.2) is 41.4 Å². The summed E-state index contributed by atoms with van der Waals surface area (Å²) in [6.07, 6.45) is 5.22. The zero-order valence-corrected chi connectivity index (χ0v) is 26.9. The minimum absolute atomic E-state index is 0.182. The number of aryl methyl sites for hydroxylation is 4. The van der Waals surface area contributed by atoms with E-state index in [4.69, 9.17) is 9.47 Å². The van der Waals surface area contributed by atoms with Gasteiger partial charge in [0.1, 0.15) is 16.5 Å². The first-order valence-corrected chi connectivity index (χ1v) is 16.9. The maximum Gasteiger partial charge on any atom is 0.306 e. The van der Waals surface area contributed by atoms with Gasteiger partial charge in [-0.3, -0.25) is 13.9 Å². The van der Waals surface area contributed by atoms with Crippen molar-refractivity contribution in [2.45, 2.75) is 83.3 Å². The highest BCUT2D eigenvalue weighted by Crippen LogP contribution is 2.57. The molecule has 2 aromatic heterocycles. The summed E-state index contributed by atoms with van der Waals surface area (Å²) in [5, 5.41) is 8.62. The van der Waals surface area contributed by atoms with Crippen molar-refractivity contribution in [3.63, 3.8) is 0 Å². The summed E-state index contributed by atoms with van der Waals surface area (Å²) in [5.41, 5.74) is 9.11. The van der Waals surface area contributed by atoms with Crippen LogP contribution in [0.4, 0.5) is 0 Å². The Balaban J connectivity index is 1.45. The molecule has 2 N–H and O–H groups in total. The van der Waals surface area contributed by atoms with Gasteiger partial charge in [0, 0.05) is 25.7 Å². The van der Waals surface area contributed by atoms with Crippen molar-refractivity contribution < 1.29 is 23.4 Å². The smallest absolute Gasteiger partial charge is 0.306 e. The van der Waals surface area contributed by atoms with Gasteiger partial charge in [-0.2, -0.15) is 4.31 Å². The molecule has 1 unspecified atom stereocenters. The molecule has 2 aliphatic rings. The van der Waals surface area contributed by atoms with Crippen molar-refractivity contribution in [1.82, 2.24) is 24.3 Å². The Morgan fingerprint density at radius 3 is 2.77 bits per heavy atom. The second kappa shape index (κ2) is 12.1. The van der Waals surface area contributed by atoms with Crippen molar-refractivity contribution in [3.05, 3.63) is 75.5 Å². The molecule has 0 saturated heterocycles. The van der Waals surface area contributed by atoms with Gasteiger partial charge in [-0.05, 0) is 97.5 Å². The summed E-state index contributed by atoms with van der Waals surface area (Å²) in [5.74, 6) is -0.246. The third-order valence-electron chi connectivity index (χ3n) is 8.96. The third kappa shape index (κ3) is 5.58. The minimum Gasteiger partial charge on any atom is -0.472 e. The SMILES string of the molecule is CCOC(=O)CC(c1cc2c(c(CN3C[C@@H](CC)Oc4ncc(C)cc4S3(O)O)c1)CCC2)c1ccc2c(nnn2C)c1C. The van der Waals surface area contributed by atoms with Gasteiger partial charge in [-0.1, -0.05) is 30.3 Å². The Kier molecular flexibility index (Phi) is 8.40. The highest BCUT2D eigenvalue weighted by atomic mass is 32.3. The number of fused-ring (bicyclic) bond motifs is 3. The Hall–Kier alpha value is -3.51. The number of aromatic nitrogens is 4. The van der Waals surface area contributed by atoms with Gasteiger partial charge in [0.05, 0.1) is 25.1 Å². The molecule has 4 aromatic rings. The number of ether oxygens (including phenoxy) is 2. The first kappa shape index (κ1) is 30.5. The molecule has 0 fully saturated rings. The number of rotatable bonds is 8. The van der Waals surface area contributed by atoms with Crippen molar-refractivity contribution >= 4 is 27.8 Å². The number of hydrogen-bond acceptors (Lipinski definition) is 9. The van der Waals surface area contributed by atoms with E-state index >= 15 is 0 Å². The second-order valence-corrected chi connectivity index (χ2v) is 13.9. The quantitative estimate of drug-likeness (QED) is 0.220. The summed E-state index contributed by atoms with van der Waals surface area (Å²) in [6.45, 7) is 8.76. The van der Waals surface area contributed by atoms with Gasteiger partial charge in [-0.15, -0.1) is 15.9 Å². The number of pyridine rings is 1. The minimum atomic E-state index is -3.39. The Morgan fingerprint density at radius 2 is 2.00 bits per heavy atom. The molecule has 0 saturated carbocycles. The van der Waals surface area contributed by atoms with Crippen LogP contribution in [-0.4, -0.2) is 58.6 Å². The summed E-state index contributed by atoms with van der Waals surface area (Å²) in [6, 6.07) is 10.2. The van der Waals surface area contributed by atoms with E-state index in [1.54, 1.807) is 21.3 Å². The summed E-state index contributed by atoms with van der Waals surface area (Å²) in [4.78, 5) is 17.7. The van der Waals surface area contributed by atoms with Crippen molar-refractivity contribution in [1.29, 1.82) is 0 Å². The number of nitrogens with zero attached hydrogens (tertiary/aromatic N) is 5. The van der Waals surface area contributed by atoms with E-state index in [9.17, 15) is 13.9 Å². The fourth-order valence-electron chi connectivity index (χ4n) is 6.62. The first-order chi connectivity index (χ1) is 21.1. The number of carbonyl (C=O) groups excluding carboxylic acids is 1. The van der Waals surface area contributed by atoms with Crippen molar-refractivity contribution in [2.75, 3.05) is 13.2 Å². The van der Waals surface area contributed by atoms with Crippen LogP contribution in [0.2, 0.25) is 0 Å². The molecule has 2 atom stereocenters. The normalized spacial score (nSPS) is 19.1. The molecule has 1 aliphatic heterocycles. The molecule has 234 valence electrons. The van der Waals surface area contributed by atoms with E-state index in [-0.39, 0.29) is 30.3 Å². The highest BCUT2D eigenvalue weighted by molar-refractivity contribution is 8.22. The van der Waals surface area contributed by atoms with Gasteiger partial charge in [0.25, 0.3) is 0 Å². The Labute approximate surface area is 259 Å². The van der Waals surface area contributed by atoms with Crippen LogP contribution >= 0.6 is 10.8 Å². The van der Waals surface area contributed by atoms with Crippen LogP contribution in [-0.2, 0) is 36.0 Å². The van der Waals surface area contributed by atoms with Crippen LogP contribution in [0, 0.1) is 13.8 Å². The molecule has 44 heavy (non-hydrogen) atoms. The molecule has 6 rings (SSSR count). The molecular weight excluding hydrogens is 578 g/mol. The molecular formula is C33H41N5O5S. The predicted octanol–water partition coefficient (Wildman–Crippen LogP) is 6.25. The fraction of sp³-hybridized carbons (Fsp3) is 0.455. The van der Waals surface area contributed by atoms with E-state index in [1.165, 1.54) is 11.1 Å². The lowest BCUT2D eigenvalue weighted by Crippen LogP contribution is -2.34. The predicted molar refractivity (Wildman–Crippen MR) is 170 cm³/mol. The fourth-order valence-corrected chi connectivity index (χ4v) is 8.27. The summed E-state index contributed by atoms with van der Waals surface area (Å²) in [7, 11) is -1.52. The van der Waals surface area contributed by atoms with Crippen LogP contribution < -0.4 is 4.74 Å². The first-order valence-electron chi connectivity index (χ1n) is 15.4. The topological polar surface area (TPSA) is 123 Å². The third-order valence-corrected chi connectivity index (χ3v) is 10.8. The number of hydrogen-bond donors (Lipinski definition) is 2. The lowest BCUT2D eigenvalue weighted by Gasteiger charge is -2.42. The molecule has 1 aliphatic carbocycles. The highest BCUT2D eigenvalue weighted by Gasteiger charge is 2.37. The van der Waals surface area contributed by atoms with Crippen LogP contribution in [0.3, 0.4) is 0 Å². The van der Waals surface area contributed by atoms with Gasteiger partial charge in [0.2, 0.25) is 5.88 Å². The van der Waals surface area contributed by atoms with E-state index in [1.807, 2.05) is 40.8 Å². The molecule has 10 nitrogen and oxygen atoms in total. The average molecular weight is 620 g/mol. The molecule has 11 heteroatoms. The maximum atomic E-state index is 13.0. The van der Waals surface area contributed by atoms with E-state index < -0.39 is 10.8 Å². The molecule has 2 aromatic carbocycles. The average Bonchev–Trinajstić information content (AvgIpc) is 3.61. The molecule has 0 radical (unpaired) electrons. The van der Waals surface area contributed by atoms with Gasteiger partial charge in [-0.25, -0.2) is 9.67 Å². The lowest BCUT2D eigenvalue weighted by atomic mass is 9.83. The largest absolute Gasteiger partial charge is 0.472 e. The molecule has 0 amide bonds. The van der Waals surface area contributed by atoms with Crippen LogP contribution in [0.25, 0.3) is 11.0 Å². The monoisotopic (exact) mass is 619 g/mol. The summed E-state index contributed by atoms with van der Waals surface area (Å²) >= 11 is 0. The van der Waals surface area contributed by atoms with Gasteiger partial charge in [0.15, 0.2) is 0 Å². The van der Waals surface area contributed by atoms with Gasteiger partial charge < -0.3 is 9.47 Å². The van der Waals surface area contributed by atoms with Crippen molar-refractivity contribution in [3.8, 4) is 5.88 Å². The van der Waals surface area contributed by atoms with Crippen molar-refractivity contribution in [2.24, 2.45) is 7.05 Å². The van der Waals surface area contributed by atoms with Gasteiger partial charge >= 0.3 is 5.97 Å². The molecule has 3 heterocycles. The van der Waals surface area contributed by atoms with Crippen LogP contribution in [0.1, 0.15) is 78.0 Å². The molecule has 0 bridgehead atoms. The lowest BCUT2D eigenvalue weighted by molar-refractivity contribution is -0.143. The Morgan fingerprint density at radius 1 is 1.18 bits per heavy atom.